The number of carbonyl (C=O) groups is 6. The molecule has 0 aliphatic carbocycles. The summed E-state index contributed by atoms with van der Waals surface area (Å²) in [6.45, 7) is 19.8. The molecular formula is C75H99FN4O14SSi. The summed E-state index contributed by atoms with van der Waals surface area (Å²) in [6, 6.07) is 46.3. The van der Waals surface area contributed by atoms with Gasteiger partial charge in [-0.3, -0.25) is 23.6 Å². The van der Waals surface area contributed by atoms with Gasteiger partial charge >= 0.3 is 12.2 Å². The van der Waals surface area contributed by atoms with Crippen LogP contribution in [0.25, 0.3) is 0 Å². The molecule has 520 valence electrons. The fraction of sp³-hybridized carbons (Fsp3) is 0.440. The molecule has 2 fully saturated rings. The molecule has 96 heavy (non-hydrogen) atoms. The molecule has 8 rings (SSSR count). The maximum Gasteiger partial charge on any atom is 0.408 e. The number of ether oxygens (including phenoxy) is 6. The van der Waals surface area contributed by atoms with Crippen molar-refractivity contribution in [2.45, 2.75) is 167 Å². The van der Waals surface area contributed by atoms with Crippen molar-refractivity contribution < 1.29 is 71.1 Å². The van der Waals surface area contributed by atoms with Gasteiger partial charge in [-0.15, -0.1) is 0 Å². The molecule has 0 bridgehead atoms. The molecule has 2 aliphatic rings. The van der Waals surface area contributed by atoms with E-state index in [1.807, 2.05) is 147 Å². The minimum atomic E-state index is -1.98. The van der Waals surface area contributed by atoms with Gasteiger partial charge in [-0.05, 0) is 166 Å². The molecule has 0 radical (unpaired) electrons. The van der Waals surface area contributed by atoms with Gasteiger partial charge in [-0.25, -0.2) is 9.59 Å². The highest BCUT2D eigenvalue weighted by atomic mass is 32.1. The van der Waals surface area contributed by atoms with Gasteiger partial charge in [-0.2, -0.15) is 13.5 Å². The summed E-state index contributed by atoms with van der Waals surface area (Å²) in [5.74, 6) is 0.0537. The monoisotopic (exact) mass is 1360 g/mol. The van der Waals surface area contributed by atoms with Crippen LogP contribution in [0, 0.1) is 11.8 Å². The number of methoxy groups -OCH3 is 2. The third-order valence-corrected chi connectivity index (χ3v) is 21.7. The van der Waals surface area contributed by atoms with Crippen molar-refractivity contribution in [2.75, 3.05) is 34.6 Å². The number of hydrogen-bond donors (Lipinski definition) is 5. The normalized spacial score (nSPS) is 17.1. The minimum absolute atomic E-state index is 0. The number of nitrogens with one attached hydrogen (secondary N) is 4. The van der Waals surface area contributed by atoms with Gasteiger partial charge in [0.15, 0.2) is 11.6 Å². The van der Waals surface area contributed by atoms with Gasteiger partial charge in [0.25, 0.3) is 0 Å². The Morgan fingerprint density at radius 2 is 0.833 bits per heavy atom. The van der Waals surface area contributed by atoms with E-state index in [1.54, 1.807) is 40.2 Å². The highest BCUT2D eigenvalue weighted by Crippen LogP contribution is 2.38. The average Bonchev–Trinajstić information content (AvgIpc) is 1.73. The van der Waals surface area contributed by atoms with Crippen LogP contribution in [-0.4, -0.2) is 119 Å². The molecule has 0 spiro atoms. The Labute approximate surface area is 574 Å². The van der Waals surface area contributed by atoms with Crippen LogP contribution in [0.5, 0.6) is 23.0 Å². The average molecular weight is 1360 g/mol. The first-order valence-corrected chi connectivity index (χ1v) is 35.2. The van der Waals surface area contributed by atoms with Crippen LogP contribution in [0.3, 0.4) is 0 Å². The molecule has 6 aromatic carbocycles. The molecule has 2 saturated heterocycles. The number of phenols is 1. The fourth-order valence-electron chi connectivity index (χ4n) is 10.3. The quantitative estimate of drug-likeness (QED) is 0.0195. The number of phenolic OH excluding ortho intramolecular Hbond substituents is 1. The Balaban J connectivity index is 0.000000338. The topological polar surface area (TPSA) is 242 Å². The summed E-state index contributed by atoms with van der Waals surface area (Å²) in [4.78, 5) is 79.5. The summed E-state index contributed by atoms with van der Waals surface area (Å²) < 4.78 is 48.5. The van der Waals surface area contributed by atoms with Crippen LogP contribution in [0.4, 0.5) is 14.0 Å². The number of rotatable bonds is 32. The molecule has 2 aliphatic heterocycles. The predicted octanol–water partition coefficient (Wildman–Crippen LogP) is 12.9. The van der Waals surface area contributed by atoms with Crippen LogP contribution < -0.4 is 35.2 Å². The molecule has 21 heteroatoms. The van der Waals surface area contributed by atoms with Gasteiger partial charge < -0.3 is 59.2 Å². The summed E-state index contributed by atoms with van der Waals surface area (Å²) in [5, 5.41) is 21.4. The van der Waals surface area contributed by atoms with Crippen LogP contribution >= 0.6 is 13.5 Å². The lowest BCUT2D eigenvalue weighted by molar-refractivity contribution is -0.130. The number of alkyl carbamates (subject to hydrolysis) is 2. The van der Waals surface area contributed by atoms with Crippen molar-refractivity contribution in [1.29, 1.82) is 0 Å². The number of ketones is 2. The van der Waals surface area contributed by atoms with E-state index >= 15 is 0 Å². The van der Waals surface area contributed by atoms with Crippen molar-refractivity contribution in [2.24, 2.45) is 11.8 Å². The smallest absolute Gasteiger partial charge is 0.408 e. The molecule has 18 nitrogen and oxygen atoms in total. The molecule has 8 atom stereocenters. The number of aromatic hydroxyl groups is 1. The highest BCUT2D eigenvalue weighted by Gasteiger charge is 2.44. The SMILES string of the molecule is CF.COc1ccc(C[C@H](CC(=O)[C@@H](C)NC(=O)OCc2ccccc2)C(=O)N[C@@H](Cc2ccc(O)cc2)C[C@@]2(C)CO2)cc1.COc1ccc(C[C@H](CC(=O)[C@@H](C)NC(=O)OCc2ccccc2)C(=O)N[C@@H](Cc2ccc(O[Si](C)(C)C(C)(C)C)cc2)C[C@@]2(C)CO2)cc1.S. The van der Waals surface area contributed by atoms with Gasteiger partial charge in [0, 0.05) is 36.8 Å². The minimum Gasteiger partial charge on any atom is -0.544 e. The second-order valence-corrected chi connectivity index (χ2v) is 31.3. The number of amides is 4. The molecular weight excluding hydrogens is 1260 g/mol. The number of alkyl halides is 1. The zero-order valence-electron chi connectivity index (χ0n) is 57.6. The lowest BCUT2D eigenvalue weighted by atomic mass is 9.90. The summed E-state index contributed by atoms with van der Waals surface area (Å²) in [6.07, 6.45) is 1.52. The maximum atomic E-state index is 14.1. The molecule has 6 aromatic rings. The van der Waals surface area contributed by atoms with Crippen molar-refractivity contribution in [3.8, 4) is 23.0 Å². The summed E-state index contributed by atoms with van der Waals surface area (Å²) in [7, 11) is 1.71. The molecule has 0 saturated carbocycles. The first-order chi connectivity index (χ1) is 45.2. The zero-order chi connectivity index (χ0) is 69.3. The van der Waals surface area contributed by atoms with E-state index in [1.165, 1.54) is 0 Å². The number of Topliss-reactive ketones (excluding diaryl/α,β-unsaturated/α-hetero) is 2. The van der Waals surface area contributed by atoms with Gasteiger partial charge in [0.2, 0.25) is 20.1 Å². The van der Waals surface area contributed by atoms with Crippen molar-refractivity contribution >= 4 is 57.4 Å². The van der Waals surface area contributed by atoms with Crippen molar-refractivity contribution in [1.82, 2.24) is 21.3 Å². The third kappa shape index (κ3) is 26.7. The van der Waals surface area contributed by atoms with Crippen LogP contribution in [0.15, 0.2) is 158 Å². The van der Waals surface area contributed by atoms with Gasteiger partial charge in [0.05, 0.1) is 57.9 Å². The number of halogens is 1. The Morgan fingerprint density at radius 3 is 1.16 bits per heavy atom. The van der Waals surface area contributed by atoms with E-state index in [-0.39, 0.29) is 97.0 Å². The molecule has 4 amide bonds. The zero-order valence-corrected chi connectivity index (χ0v) is 59.6. The maximum absolute atomic E-state index is 14.1. The van der Waals surface area contributed by atoms with E-state index < -0.39 is 44.4 Å². The van der Waals surface area contributed by atoms with Crippen molar-refractivity contribution in [3.05, 3.63) is 191 Å². The first kappa shape index (κ1) is 78.5. The molecule has 5 N–H and O–H groups in total. The van der Waals surface area contributed by atoms with E-state index in [9.17, 15) is 38.3 Å². The highest BCUT2D eigenvalue weighted by molar-refractivity contribution is 7.59. The number of hydrogen-bond acceptors (Lipinski definition) is 14. The predicted molar refractivity (Wildman–Crippen MR) is 377 cm³/mol. The molecule has 0 unspecified atom stereocenters. The van der Waals surface area contributed by atoms with Crippen LogP contribution in [-0.2, 0) is 77.0 Å². The lowest BCUT2D eigenvalue weighted by Gasteiger charge is -2.36. The number of epoxide rings is 2. The summed E-state index contributed by atoms with van der Waals surface area (Å²) >= 11 is 0. The number of benzene rings is 6. The number of carbonyl (C=O) groups excluding carboxylic acids is 6. The molecule has 2 heterocycles. The van der Waals surface area contributed by atoms with Crippen LogP contribution in [0.2, 0.25) is 18.1 Å². The summed E-state index contributed by atoms with van der Waals surface area (Å²) in [5.41, 5.74) is 4.86. The Hall–Kier alpha value is -8.24. The Morgan fingerprint density at radius 1 is 0.510 bits per heavy atom. The van der Waals surface area contributed by atoms with E-state index in [4.69, 9.17) is 32.8 Å². The first-order valence-electron chi connectivity index (χ1n) is 32.3. The van der Waals surface area contributed by atoms with Crippen LogP contribution in [0.1, 0.15) is 108 Å². The second-order valence-electron chi connectivity index (χ2n) is 26.6. The third-order valence-electron chi connectivity index (χ3n) is 17.3. The molecule has 0 aromatic heterocycles. The standard InChI is InChI=1S/C40H54N2O7Si.C34H40N2O7.CH3F.H2S/c1-28(41-38(45)47-26-31-12-10-9-11-13-31)36(43)24-32(22-29-14-18-34(46-6)19-15-29)37(44)42-33(25-40(5)27-48-40)23-30-16-20-35(21-17-30)49-50(7,8)39(2,3)4;1-23(35-33(40)42-21-26-7-5-4-6-8-26)31(38)19-27(17-24-11-15-30(41-3)16-12-24)32(39)36-28(20-34(2)22-43-34)18-25-9-13-29(37)14-10-25;1-2;/h9-21,28,32-33H,22-27H2,1-8H3,(H,41,45)(H,42,44);4-16,23,27-28,37H,17-22H2,1-3H3,(H,35,40)(H,36,39);1H3;1H2/t28-,32-,33+,40+;23-,27-,28+,34+;;/m11../s1. The van der Waals surface area contributed by atoms with E-state index in [0.717, 1.165) is 39.1 Å². The van der Waals surface area contributed by atoms with Crippen molar-refractivity contribution in [3.63, 3.8) is 0 Å². The second kappa shape index (κ2) is 37.3. The lowest BCUT2D eigenvalue weighted by Crippen LogP contribution is -2.45. The largest absolute Gasteiger partial charge is 0.544 e. The Bertz CT molecular complexity index is 3390. The van der Waals surface area contributed by atoms with Gasteiger partial charge in [-0.1, -0.05) is 130 Å². The van der Waals surface area contributed by atoms with E-state index in [0.29, 0.717) is 70.4 Å². The fourth-order valence-corrected chi connectivity index (χ4v) is 11.4. The Kier molecular flexibility index (Phi) is 30.5. The van der Waals surface area contributed by atoms with E-state index in [2.05, 4.69) is 67.3 Å². The van der Waals surface area contributed by atoms with Gasteiger partial charge in [0.1, 0.15) is 36.2 Å².